The molecule has 0 radical (unpaired) electrons. The molecule has 3 aromatic rings. The van der Waals surface area contributed by atoms with Crippen LogP contribution in [-0.4, -0.2) is 69.3 Å². The van der Waals surface area contributed by atoms with Gasteiger partial charge < -0.3 is 14.7 Å². The second-order valence-electron chi connectivity index (χ2n) is 7.36. The molecule has 1 aliphatic rings. The van der Waals surface area contributed by atoms with Crippen LogP contribution in [0.1, 0.15) is 11.3 Å². The van der Waals surface area contributed by atoms with Crippen LogP contribution in [0.2, 0.25) is 0 Å². The average molecular weight is 420 g/mol. The summed E-state index contributed by atoms with van der Waals surface area (Å²) in [5, 5.41) is 10.8. The SMILES string of the molecule is Cc1cc(NC(=O)CN2CCN(C(=O)/C=C/c3cnn(-c4ccccc4)c3)CC2)no1. The maximum absolute atomic E-state index is 12.5. The van der Waals surface area contributed by atoms with E-state index in [-0.39, 0.29) is 18.4 Å². The average Bonchev–Trinajstić information content (AvgIpc) is 3.42. The Morgan fingerprint density at radius 1 is 1.16 bits per heavy atom. The van der Waals surface area contributed by atoms with Crippen LogP contribution < -0.4 is 5.32 Å². The van der Waals surface area contributed by atoms with Crippen molar-refractivity contribution in [3.63, 3.8) is 0 Å². The van der Waals surface area contributed by atoms with Crippen molar-refractivity contribution in [2.75, 3.05) is 38.0 Å². The van der Waals surface area contributed by atoms with Gasteiger partial charge in [0.15, 0.2) is 5.82 Å². The lowest BCUT2D eigenvalue weighted by atomic mass is 10.2. The number of benzene rings is 1. The smallest absolute Gasteiger partial charge is 0.246 e. The monoisotopic (exact) mass is 420 g/mol. The van der Waals surface area contributed by atoms with E-state index in [1.807, 2.05) is 41.4 Å². The zero-order valence-electron chi connectivity index (χ0n) is 17.3. The van der Waals surface area contributed by atoms with Gasteiger partial charge in [-0.05, 0) is 25.1 Å². The van der Waals surface area contributed by atoms with Gasteiger partial charge in [0.1, 0.15) is 5.76 Å². The van der Waals surface area contributed by atoms with Crippen molar-refractivity contribution in [2.24, 2.45) is 0 Å². The lowest BCUT2D eigenvalue weighted by Gasteiger charge is -2.33. The molecule has 31 heavy (non-hydrogen) atoms. The summed E-state index contributed by atoms with van der Waals surface area (Å²) in [6, 6.07) is 11.5. The standard InChI is InChI=1S/C22H24N6O3/c1-17-13-20(25-31-17)24-21(29)16-26-9-11-27(12-10-26)22(30)8-7-18-14-23-28(15-18)19-5-3-2-4-6-19/h2-8,13-15H,9-12,16H2,1H3,(H,24,25,29)/b8-7+. The summed E-state index contributed by atoms with van der Waals surface area (Å²) in [6.45, 7) is 4.43. The summed E-state index contributed by atoms with van der Waals surface area (Å²) in [5.74, 6) is 0.859. The van der Waals surface area contributed by atoms with E-state index in [9.17, 15) is 9.59 Å². The quantitative estimate of drug-likeness (QED) is 0.613. The lowest BCUT2D eigenvalue weighted by Crippen LogP contribution is -2.50. The number of hydrogen-bond donors (Lipinski definition) is 1. The summed E-state index contributed by atoms with van der Waals surface area (Å²) in [5.41, 5.74) is 1.82. The Bertz CT molecular complexity index is 1060. The molecule has 0 unspecified atom stereocenters. The molecule has 1 N–H and O–H groups in total. The van der Waals surface area contributed by atoms with Gasteiger partial charge in [-0.15, -0.1) is 0 Å². The molecule has 1 aliphatic heterocycles. The molecule has 0 spiro atoms. The molecule has 9 nitrogen and oxygen atoms in total. The summed E-state index contributed by atoms with van der Waals surface area (Å²) in [6.07, 6.45) is 6.95. The van der Waals surface area contributed by atoms with Crippen LogP contribution in [0, 0.1) is 6.92 Å². The van der Waals surface area contributed by atoms with E-state index in [4.69, 9.17) is 4.52 Å². The molecule has 9 heteroatoms. The van der Waals surface area contributed by atoms with Crippen LogP contribution in [-0.2, 0) is 9.59 Å². The second-order valence-corrected chi connectivity index (χ2v) is 7.36. The zero-order chi connectivity index (χ0) is 21.6. The highest BCUT2D eigenvalue weighted by atomic mass is 16.5. The molecular formula is C22H24N6O3. The third-order valence-electron chi connectivity index (χ3n) is 4.99. The van der Waals surface area contributed by atoms with Crippen LogP contribution in [0.25, 0.3) is 11.8 Å². The van der Waals surface area contributed by atoms with E-state index < -0.39 is 0 Å². The Morgan fingerprint density at radius 3 is 2.65 bits per heavy atom. The number of rotatable bonds is 6. The number of piperazine rings is 1. The van der Waals surface area contributed by atoms with E-state index in [0.29, 0.717) is 37.8 Å². The molecule has 160 valence electrons. The Hall–Kier alpha value is -3.72. The number of carbonyl (C=O) groups excluding carboxylic acids is 2. The number of carbonyl (C=O) groups is 2. The first-order valence-electron chi connectivity index (χ1n) is 10.1. The first-order valence-corrected chi connectivity index (χ1v) is 10.1. The van der Waals surface area contributed by atoms with Gasteiger partial charge in [0.05, 0.1) is 18.4 Å². The van der Waals surface area contributed by atoms with Crippen molar-refractivity contribution in [3.8, 4) is 5.69 Å². The van der Waals surface area contributed by atoms with Crippen molar-refractivity contribution in [3.05, 3.63) is 66.2 Å². The van der Waals surface area contributed by atoms with Crippen LogP contribution >= 0.6 is 0 Å². The molecule has 3 heterocycles. The molecule has 1 fully saturated rings. The molecule has 1 saturated heterocycles. The number of aryl methyl sites for hydroxylation is 1. The minimum atomic E-state index is -0.150. The highest BCUT2D eigenvalue weighted by Gasteiger charge is 2.21. The fourth-order valence-electron chi connectivity index (χ4n) is 3.35. The van der Waals surface area contributed by atoms with E-state index in [1.54, 1.807) is 40.9 Å². The number of nitrogens with one attached hydrogen (secondary N) is 1. The van der Waals surface area contributed by atoms with E-state index >= 15 is 0 Å². The Balaban J connectivity index is 1.24. The molecule has 2 aromatic heterocycles. The lowest BCUT2D eigenvalue weighted by molar-refractivity contribution is -0.127. The molecule has 0 saturated carbocycles. The third kappa shape index (κ3) is 5.46. The summed E-state index contributed by atoms with van der Waals surface area (Å²) in [7, 11) is 0. The predicted octanol–water partition coefficient (Wildman–Crippen LogP) is 1.96. The molecule has 0 atom stereocenters. The number of anilines is 1. The minimum absolute atomic E-state index is 0.0466. The molecule has 0 bridgehead atoms. The summed E-state index contributed by atoms with van der Waals surface area (Å²) in [4.78, 5) is 28.4. The van der Waals surface area contributed by atoms with Gasteiger partial charge in [-0.1, -0.05) is 23.4 Å². The maximum Gasteiger partial charge on any atom is 0.246 e. The Kier molecular flexibility index (Phi) is 6.23. The first kappa shape index (κ1) is 20.5. The maximum atomic E-state index is 12.5. The highest BCUT2D eigenvalue weighted by Crippen LogP contribution is 2.10. The van der Waals surface area contributed by atoms with Crippen molar-refractivity contribution in [2.45, 2.75) is 6.92 Å². The van der Waals surface area contributed by atoms with E-state index in [1.165, 1.54) is 0 Å². The normalized spacial score (nSPS) is 14.8. The summed E-state index contributed by atoms with van der Waals surface area (Å²) >= 11 is 0. The van der Waals surface area contributed by atoms with E-state index in [0.717, 1.165) is 11.3 Å². The van der Waals surface area contributed by atoms with E-state index in [2.05, 4.69) is 15.6 Å². The van der Waals surface area contributed by atoms with Gasteiger partial charge in [-0.25, -0.2) is 4.68 Å². The highest BCUT2D eigenvalue weighted by molar-refractivity contribution is 5.92. The van der Waals surface area contributed by atoms with Crippen molar-refractivity contribution < 1.29 is 14.1 Å². The second kappa shape index (κ2) is 9.40. The molecule has 4 rings (SSSR count). The van der Waals surface area contributed by atoms with Crippen LogP contribution in [0.15, 0.2) is 59.4 Å². The number of para-hydroxylation sites is 1. The molecule has 1 aromatic carbocycles. The van der Waals surface area contributed by atoms with Gasteiger partial charge in [-0.2, -0.15) is 5.10 Å². The van der Waals surface area contributed by atoms with Crippen LogP contribution in [0.3, 0.4) is 0 Å². The van der Waals surface area contributed by atoms with Crippen molar-refractivity contribution in [1.29, 1.82) is 0 Å². The van der Waals surface area contributed by atoms with Crippen molar-refractivity contribution in [1.82, 2.24) is 24.7 Å². The molecule has 0 aliphatic carbocycles. The van der Waals surface area contributed by atoms with Gasteiger partial charge in [0.25, 0.3) is 0 Å². The fraction of sp³-hybridized carbons (Fsp3) is 0.273. The van der Waals surface area contributed by atoms with Gasteiger partial charge in [0, 0.05) is 50.1 Å². The zero-order valence-corrected chi connectivity index (χ0v) is 17.3. The summed E-state index contributed by atoms with van der Waals surface area (Å²) < 4.78 is 6.71. The Morgan fingerprint density at radius 2 is 1.94 bits per heavy atom. The first-order chi connectivity index (χ1) is 15.1. The molecule has 2 amide bonds. The van der Waals surface area contributed by atoms with Crippen molar-refractivity contribution >= 4 is 23.7 Å². The number of amides is 2. The van der Waals surface area contributed by atoms with Crippen LogP contribution in [0.4, 0.5) is 5.82 Å². The van der Waals surface area contributed by atoms with Gasteiger partial charge >= 0.3 is 0 Å². The Labute approximate surface area is 179 Å². The molecular weight excluding hydrogens is 396 g/mol. The predicted molar refractivity (Wildman–Crippen MR) is 115 cm³/mol. The fourth-order valence-corrected chi connectivity index (χ4v) is 3.35. The number of nitrogens with zero attached hydrogens (tertiary/aromatic N) is 5. The number of aromatic nitrogens is 3. The number of hydrogen-bond acceptors (Lipinski definition) is 6. The van der Waals surface area contributed by atoms with Gasteiger partial charge in [-0.3, -0.25) is 14.5 Å². The van der Waals surface area contributed by atoms with Gasteiger partial charge in [0.2, 0.25) is 11.8 Å². The topological polar surface area (TPSA) is 96.5 Å². The van der Waals surface area contributed by atoms with Crippen LogP contribution in [0.5, 0.6) is 0 Å². The largest absolute Gasteiger partial charge is 0.360 e. The third-order valence-corrected chi connectivity index (χ3v) is 4.99. The minimum Gasteiger partial charge on any atom is -0.360 e.